The smallest absolute Gasteiger partial charge is 0.254 e. The molecular formula is C25H29FN2O2. The van der Waals surface area contributed by atoms with Crippen LogP contribution < -0.4 is 5.32 Å². The Bertz CT molecular complexity index is 894. The number of likely N-dealkylation sites (tertiary alicyclic amines) is 1. The molecule has 4 rings (SSSR count). The predicted molar refractivity (Wildman–Crippen MR) is 115 cm³/mol. The van der Waals surface area contributed by atoms with Gasteiger partial charge in [0.15, 0.2) is 0 Å². The highest BCUT2D eigenvalue weighted by molar-refractivity contribution is 5.98. The van der Waals surface area contributed by atoms with Crippen molar-refractivity contribution in [3.63, 3.8) is 0 Å². The van der Waals surface area contributed by atoms with Gasteiger partial charge in [0.25, 0.3) is 11.8 Å². The quantitative estimate of drug-likeness (QED) is 0.787. The van der Waals surface area contributed by atoms with Gasteiger partial charge in [-0.3, -0.25) is 9.59 Å². The number of benzene rings is 2. The van der Waals surface area contributed by atoms with E-state index in [2.05, 4.69) is 10.2 Å². The Hall–Kier alpha value is -2.69. The molecule has 30 heavy (non-hydrogen) atoms. The Kier molecular flexibility index (Phi) is 6.46. The van der Waals surface area contributed by atoms with Gasteiger partial charge in [-0.15, -0.1) is 0 Å². The van der Waals surface area contributed by atoms with Crippen LogP contribution >= 0.6 is 0 Å². The summed E-state index contributed by atoms with van der Waals surface area (Å²) in [6.45, 7) is 1.19. The Balaban J connectivity index is 1.34. The van der Waals surface area contributed by atoms with E-state index >= 15 is 0 Å². The number of carbonyl (C=O) groups is 2. The number of fused-ring (bicyclic) bond motifs is 1. The standard InChI is InChI=1S/C25H29FN2O2/c26-22-9-3-1-6-18(22)15-16-27-24(29)20-11-13-21(14-12-20)25(30)28-17-5-8-19-7-2-4-10-23(19)28/h1,3,6,9,11-14,19,23H,2,4-5,7-8,10,15-17H2,(H,27,29)/t19-,23-/m0/s1. The van der Waals surface area contributed by atoms with E-state index in [1.54, 1.807) is 42.5 Å². The third-order valence-electron chi connectivity index (χ3n) is 6.54. The van der Waals surface area contributed by atoms with Gasteiger partial charge in [0, 0.05) is 30.3 Å². The number of halogens is 1. The Labute approximate surface area is 177 Å². The van der Waals surface area contributed by atoms with Crippen LogP contribution in [-0.4, -0.2) is 35.8 Å². The molecule has 1 aliphatic heterocycles. The van der Waals surface area contributed by atoms with E-state index in [-0.39, 0.29) is 17.6 Å². The largest absolute Gasteiger partial charge is 0.352 e. The van der Waals surface area contributed by atoms with Crippen molar-refractivity contribution in [3.8, 4) is 0 Å². The molecule has 4 nitrogen and oxygen atoms in total. The zero-order valence-corrected chi connectivity index (χ0v) is 17.3. The molecule has 1 saturated heterocycles. The summed E-state index contributed by atoms with van der Waals surface area (Å²) in [5.74, 6) is 0.261. The van der Waals surface area contributed by atoms with Gasteiger partial charge < -0.3 is 10.2 Å². The topological polar surface area (TPSA) is 49.4 Å². The van der Waals surface area contributed by atoms with Gasteiger partial charge in [-0.05, 0) is 73.9 Å². The van der Waals surface area contributed by atoms with Crippen LogP contribution in [0.15, 0.2) is 48.5 Å². The molecule has 2 aromatic rings. The van der Waals surface area contributed by atoms with Crippen molar-refractivity contribution >= 4 is 11.8 Å². The maximum atomic E-state index is 13.7. The van der Waals surface area contributed by atoms with Crippen molar-refractivity contribution in [2.45, 2.75) is 51.0 Å². The first-order valence-corrected chi connectivity index (χ1v) is 11.1. The number of carbonyl (C=O) groups excluding carboxylic acids is 2. The summed E-state index contributed by atoms with van der Waals surface area (Å²) in [5.41, 5.74) is 1.74. The molecule has 0 aromatic heterocycles. The van der Waals surface area contributed by atoms with Crippen LogP contribution in [-0.2, 0) is 6.42 Å². The number of nitrogens with zero attached hydrogens (tertiary/aromatic N) is 1. The van der Waals surface area contributed by atoms with Crippen LogP contribution in [0.3, 0.4) is 0 Å². The summed E-state index contributed by atoms with van der Waals surface area (Å²) in [7, 11) is 0. The number of rotatable bonds is 5. The minimum atomic E-state index is -0.257. The van der Waals surface area contributed by atoms with E-state index in [1.807, 2.05) is 0 Å². The molecule has 0 bridgehead atoms. The van der Waals surface area contributed by atoms with Crippen molar-refractivity contribution in [2.24, 2.45) is 5.92 Å². The minimum Gasteiger partial charge on any atom is -0.352 e. The molecule has 1 aliphatic carbocycles. The van der Waals surface area contributed by atoms with Gasteiger partial charge in [0.1, 0.15) is 5.82 Å². The van der Waals surface area contributed by atoms with E-state index in [1.165, 1.54) is 31.7 Å². The van der Waals surface area contributed by atoms with E-state index in [0.29, 0.717) is 41.6 Å². The number of amides is 2. The van der Waals surface area contributed by atoms with Gasteiger partial charge >= 0.3 is 0 Å². The summed E-state index contributed by atoms with van der Waals surface area (Å²) in [4.78, 5) is 27.5. The van der Waals surface area contributed by atoms with E-state index in [9.17, 15) is 14.0 Å². The first-order chi connectivity index (χ1) is 14.6. The zero-order valence-electron chi connectivity index (χ0n) is 17.3. The second-order valence-corrected chi connectivity index (χ2v) is 8.43. The average Bonchev–Trinajstić information content (AvgIpc) is 2.79. The summed E-state index contributed by atoms with van der Waals surface area (Å²) in [6.07, 6.45) is 7.59. The second kappa shape index (κ2) is 9.41. The first-order valence-electron chi connectivity index (χ1n) is 11.1. The molecule has 5 heteroatoms. The van der Waals surface area contributed by atoms with Crippen molar-refractivity contribution in [3.05, 3.63) is 71.0 Å². The van der Waals surface area contributed by atoms with Crippen LogP contribution in [0.5, 0.6) is 0 Å². The Morgan fingerprint density at radius 3 is 2.43 bits per heavy atom. The molecule has 1 heterocycles. The lowest BCUT2D eigenvalue weighted by Crippen LogP contribution is -2.49. The van der Waals surface area contributed by atoms with E-state index < -0.39 is 0 Å². The molecule has 2 amide bonds. The highest BCUT2D eigenvalue weighted by Gasteiger charge is 2.35. The molecule has 158 valence electrons. The fraction of sp³-hybridized carbons (Fsp3) is 0.440. The van der Waals surface area contributed by atoms with Crippen LogP contribution in [0, 0.1) is 11.7 Å². The molecule has 0 spiro atoms. The minimum absolute atomic E-state index is 0.0816. The zero-order chi connectivity index (χ0) is 20.9. The first kappa shape index (κ1) is 20.6. The number of piperidine rings is 1. The fourth-order valence-electron chi connectivity index (χ4n) is 4.92. The predicted octanol–water partition coefficient (Wildman–Crippen LogP) is 4.59. The van der Waals surface area contributed by atoms with Gasteiger partial charge in [-0.1, -0.05) is 31.0 Å². The molecular weight excluding hydrogens is 379 g/mol. The molecule has 2 atom stereocenters. The van der Waals surface area contributed by atoms with Crippen molar-refractivity contribution in [1.82, 2.24) is 10.2 Å². The maximum Gasteiger partial charge on any atom is 0.254 e. The molecule has 1 saturated carbocycles. The number of nitrogens with one attached hydrogen (secondary N) is 1. The van der Waals surface area contributed by atoms with Crippen molar-refractivity contribution < 1.29 is 14.0 Å². The lowest BCUT2D eigenvalue weighted by molar-refractivity contribution is 0.0390. The van der Waals surface area contributed by atoms with Gasteiger partial charge in [-0.25, -0.2) is 4.39 Å². The van der Waals surface area contributed by atoms with Crippen LogP contribution in [0.1, 0.15) is 64.8 Å². The van der Waals surface area contributed by atoms with Gasteiger partial charge in [-0.2, -0.15) is 0 Å². The number of hydrogen-bond acceptors (Lipinski definition) is 2. The fourth-order valence-corrected chi connectivity index (χ4v) is 4.92. The van der Waals surface area contributed by atoms with Crippen LogP contribution in [0.4, 0.5) is 4.39 Å². The monoisotopic (exact) mass is 408 g/mol. The van der Waals surface area contributed by atoms with Crippen LogP contribution in [0.25, 0.3) is 0 Å². The average molecular weight is 409 g/mol. The number of hydrogen-bond donors (Lipinski definition) is 1. The molecule has 2 aromatic carbocycles. The summed E-state index contributed by atoms with van der Waals surface area (Å²) >= 11 is 0. The van der Waals surface area contributed by atoms with E-state index in [4.69, 9.17) is 0 Å². The molecule has 2 aliphatic rings. The summed E-state index contributed by atoms with van der Waals surface area (Å²) in [6, 6.07) is 13.9. The summed E-state index contributed by atoms with van der Waals surface area (Å²) < 4.78 is 13.7. The van der Waals surface area contributed by atoms with E-state index in [0.717, 1.165) is 19.4 Å². The van der Waals surface area contributed by atoms with Gasteiger partial charge in [0.05, 0.1) is 0 Å². The molecule has 0 radical (unpaired) electrons. The maximum absolute atomic E-state index is 13.7. The summed E-state index contributed by atoms with van der Waals surface area (Å²) in [5, 5.41) is 2.82. The Morgan fingerprint density at radius 2 is 1.63 bits per heavy atom. The third kappa shape index (κ3) is 4.55. The Morgan fingerprint density at radius 1 is 0.933 bits per heavy atom. The molecule has 2 fully saturated rings. The normalized spacial score (nSPS) is 21.0. The lowest BCUT2D eigenvalue weighted by Gasteiger charge is -2.44. The highest BCUT2D eigenvalue weighted by atomic mass is 19.1. The van der Waals surface area contributed by atoms with Crippen LogP contribution in [0.2, 0.25) is 0 Å². The van der Waals surface area contributed by atoms with Gasteiger partial charge in [0.2, 0.25) is 0 Å². The van der Waals surface area contributed by atoms with Crippen molar-refractivity contribution in [2.75, 3.05) is 13.1 Å². The molecule has 1 N–H and O–H groups in total. The second-order valence-electron chi connectivity index (χ2n) is 8.43. The van der Waals surface area contributed by atoms with Crippen molar-refractivity contribution in [1.29, 1.82) is 0 Å². The molecule has 0 unspecified atom stereocenters. The SMILES string of the molecule is O=C(NCCc1ccccc1F)c1ccc(C(=O)N2CCC[C@@H]3CCCC[C@@H]32)cc1. The lowest BCUT2D eigenvalue weighted by atomic mass is 9.78. The highest BCUT2D eigenvalue weighted by Crippen LogP contribution is 2.35. The third-order valence-corrected chi connectivity index (χ3v) is 6.54.